The van der Waals surface area contributed by atoms with Crippen LogP contribution in [0.25, 0.3) is 10.9 Å². The number of carbonyl (C=O) groups is 1. The number of likely N-dealkylation sites (N-methyl/N-ethyl adjacent to an activating group) is 1. The first kappa shape index (κ1) is 16.7. The number of rotatable bonds is 5. The number of hydrogen-bond acceptors (Lipinski definition) is 3. The van der Waals surface area contributed by atoms with E-state index in [1.165, 1.54) is 6.07 Å². The Labute approximate surface area is 137 Å². The average molecular weight is 368 g/mol. The molecule has 2 rings (SSSR count). The molecule has 0 saturated carbocycles. The van der Waals surface area contributed by atoms with E-state index in [4.69, 9.17) is 0 Å². The molecule has 0 unspecified atom stereocenters. The molecule has 118 valence electrons. The summed E-state index contributed by atoms with van der Waals surface area (Å²) in [6.45, 7) is 6.66. The Morgan fingerprint density at radius 2 is 2.14 bits per heavy atom. The number of nitrogens with zero attached hydrogens (tertiary/aromatic N) is 2. The lowest BCUT2D eigenvalue weighted by atomic mass is 10.2. The van der Waals surface area contributed by atoms with Crippen LogP contribution in [0, 0.1) is 5.82 Å². The van der Waals surface area contributed by atoms with Crippen LogP contribution in [0.15, 0.2) is 28.7 Å². The zero-order valence-electron chi connectivity index (χ0n) is 12.9. The maximum Gasteiger partial charge on any atom is 0.239 e. The first-order valence-corrected chi connectivity index (χ1v) is 8.00. The van der Waals surface area contributed by atoms with Gasteiger partial charge in [0.15, 0.2) is 0 Å². The Bertz CT molecular complexity index is 690. The second-order valence-electron chi connectivity index (χ2n) is 5.36. The molecule has 4 nitrogen and oxygen atoms in total. The van der Waals surface area contributed by atoms with Gasteiger partial charge in [-0.25, -0.2) is 9.37 Å². The summed E-state index contributed by atoms with van der Waals surface area (Å²) in [5.74, 6) is 0.258. The molecule has 2 aromatic rings. The van der Waals surface area contributed by atoms with E-state index >= 15 is 0 Å². The number of aromatic nitrogens is 1. The Morgan fingerprint density at radius 3 is 2.77 bits per heavy atom. The van der Waals surface area contributed by atoms with Gasteiger partial charge < -0.3 is 10.2 Å². The number of hydrogen-bond donors (Lipinski definition) is 1. The summed E-state index contributed by atoms with van der Waals surface area (Å²) < 4.78 is 14.1. The lowest BCUT2D eigenvalue weighted by Crippen LogP contribution is -2.40. The van der Waals surface area contributed by atoms with E-state index in [-0.39, 0.29) is 24.3 Å². The van der Waals surface area contributed by atoms with Crippen LogP contribution in [0.2, 0.25) is 0 Å². The van der Waals surface area contributed by atoms with Gasteiger partial charge in [-0.3, -0.25) is 4.79 Å². The summed E-state index contributed by atoms with van der Waals surface area (Å²) in [6.07, 6.45) is 0. The van der Waals surface area contributed by atoms with Gasteiger partial charge in [0.25, 0.3) is 0 Å². The largest absolute Gasteiger partial charge is 0.352 e. The molecule has 1 aromatic heterocycles. The molecule has 6 heteroatoms. The molecule has 0 aliphatic heterocycles. The topological polar surface area (TPSA) is 45.2 Å². The highest BCUT2D eigenvalue weighted by Gasteiger charge is 2.13. The second-order valence-corrected chi connectivity index (χ2v) is 6.22. The smallest absolute Gasteiger partial charge is 0.239 e. The number of anilines is 1. The maximum atomic E-state index is 13.7. The van der Waals surface area contributed by atoms with Crippen LogP contribution in [0.4, 0.5) is 10.2 Å². The number of nitrogens with one attached hydrogen (secondary N) is 1. The molecule has 0 bridgehead atoms. The van der Waals surface area contributed by atoms with Crippen molar-refractivity contribution in [1.29, 1.82) is 0 Å². The van der Waals surface area contributed by atoms with E-state index in [1.54, 1.807) is 6.07 Å². The van der Waals surface area contributed by atoms with Crippen LogP contribution >= 0.6 is 15.9 Å². The third-order valence-electron chi connectivity index (χ3n) is 3.21. The van der Waals surface area contributed by atoms with Gasteiger partial charge >= 0.3 is 0 Å². The Kier molecular flexibility index (Phi) is 5.34. The fraction of sp³-hybridized carbons (Fsp3) is 0.375. The van der Waals surface area contributed by atoms with Gasteiger partial charge in [0.2, 0.25) is 5.91 Å². The predicted octanol–water partition coefficient (Wildman–Crippen LogP) is 3.49. The molecule has 0 atom stereocenters. The van der Waals surface area contributed by atoms with E-state index < -0.39 is 0 Å². The third-order valence-corrected chi connectivity index (χ3v) is 3.81. The van der Waals surface area contributed by atoms with Gasteiger partial charge in [-0.2, -0.15) is 0 Å². The number of fused-ring (bicyclic) bond motifs is 1. The first-order chi connectivity index (χ1) is 10.4. The first-order valence-electron chi connectivity index (χ1n) is 7.20. The highest BCUT2D eigenvalue weighted by molar-refractivity contribution is 9.10. The lowest BCUT2D eigenvalue weighted by Gasteiger charge is -2.22. The molecule has 0 fully saturated rings. The van der Waals surface area contributed by atoms with Crippen molar-refractivity contribution in [3.63, 3.8) is 0 Å². The van der Waals surface area contributed by atoms with E-state index in [1.807, 2.05) is 37.8 Å². The molecule has 1 amide bonds. The normalized spacial score (nSPS) is 11.0. The van der Waals surface area contributed by atoms with Gasteiger partial charge in [-0.05, 0) is 54.9 Å². The highest BCUT2D eigenvalue weighted by atomic mass is 79.9. The molecule has 1 aromatic carbocycles. The summed E-state index contributed by atoms with van der Waals surface area (Å²) >= 11 is 3.17. The third kappa shape index (κ3) is 3.94. The quantitative estimate of drug-likeness (QED) is 0.879. The fourth-order valence-corrected chi connectivity index (χ4v) is 2.54. The minimum Gasteiger partial charge on any atom is -0.352 e. The van der Waals surface area contributed by atoms with Crippen LogP contribution < -0.4 is 10.2 Å². The molecule has 0 aliphatic carbocycles. The van der Waals surface area contributed by atoms with Crippen LogP contribution in [0.5, 0.6) is 0 Å². The van der Waals surface area contributed by atoms with Crippen molar-refractivity contribution < 1.29 is 9.18 Å². The van der Waals surface area contributed by atoms with Gasteiger partial charge in [0, 0.05) is 24.0 Å². The van der Waals surface area contributed by atoms with Crippen LogP contribution in [-0.2, 0) is 4.79 Å². The van der Waals surface area contributed by atoms with E-state index in [2.05, 4.69) is 26.2 Å². The molecular formula is C16H19BrFN3O. The second kappa shape index (κ2) is 7.05. The molecule has 1 N–H and O–H groups in total. The van der Waals surface area contributed by atoms with Gasteiger partial charge in [-0.15, -0.1) is 0 Å². The minimum atomic E-state index is -0.349. The Hall–Kier alpha value is -1.69. The Balaban J connectivity index is 2.27. The van der Waals surface area contributed by atoms with Crippen molar-refractivity contribution in [2.45, 2.75) is 26.8 Å². The summed E-state index contributed by atoms with van der Waals surface area (Å²) in [7, 11) is 0. The predicted molar refractivity (Wildman–Crippen MR) is 90.6 cm³/mol. The number of amides is 1. The summed E-state index contributed by atoms with van der Waals surface area (Å²) in [5.41, 5.74) is 0.570. The zero-order valence-corrected chi connectivity index (χ0v) is 14.4. The maximum absolute atomic E-state index is 13.7. The van der Waals surface area contributed by atoms with Crippen molar-refractivity contribution in [3.05, 3.63) is 34.6 Å². The molecular weight excluding hydrogens is 349 g/mol. The molecule has 0 saturated heterocycles. The van der Waals surface area contributed by atoms with Crippen LogP contribution in [0.3, 0.4) is 0 Å². The average Bonchev–Trinajstić information content (AvgIpc) is 2.45. The van der Waals surface area contributed by atoms with Crippen molar-refractivity contribution in [3.8, 4) is 0 Å². The van der Waals surface area contributed by atoms with E-state index in [9.17, 15) is 9.18 Å². The van der Waals surface area contributed by atoms with Crippen molar-refractivity contribution in [1.82, 2.24) is 10.3 Å². The van der Waals surface area contributed by atoms with Gasteiger partial charge in [0.05, 0.1) is 16.5 Å². The monoisotopic (exact) mass is 367 g/mol. The number of benzene rings is 1. The number of carbonyl (C=O) groups excluding carboxylic acids is 1. The summed E-state index contributed by atoms with van der Waals surface area (Å²) in [6, 6.07) is 6.92. The van der Waals surface area contributed by atoms with Crippen molar-refractivity contribution >= 4 is 38.6 Å². The molecule has 0 radical (unpaired) electrons. The molecule has 22 heavy (non-hydrogen) atoms. The SMILES string of the molecule is CCN(CC(=O)NC(C)C)c1ccc2cc(Br)c(F)cc2n1. The number of pyridine rings is 1. The van der Waals surface area contributed by atoms with Crippen LogP contribution in [-0.4, -0.2) is 30.0 Å². The summed E-state index contributed by atoms with van der Waals surface area (Å²) in [5, 5.41) is 3.70. The molecule has 0 aliphatic rings. The summed E-state index contributed by atoms with van der Waals surface area (Å²) in [4.78, 5) is 18.2. The van der Waals surface area contributed by atoms with E-state index in [0.717, 1.165) is 5.39 Å². The van der Waals surface area contributed by atoms with Gasteiger partial charge in [0.1, 0.15) is 11.6 Å². The standard InChI is InChI=1S/C16H19BrFN3O/c1-4-21(9-16(22)19-10(2)3)15-6-5-11-7-12(17)13(18)8-14(11)20-15/h5-8,10H,4,9H2,1-3H3,(H,19,22). The van der Waals surface area contributed by atoms with Crippen LogP contribution in [0.1, 0.15) is 20.8 Å². The molecule has 1 heterocycles. The van der Waals surface area contributed by atoms with Gasteiger partial charge in [-0.1, -0.05) is 0 Å². The van der Waals surface area contributed by atoms with E-state index in [0.29, 0.717) is 22.4 Å². The minimum absolute atomic E-state index is 0.0549. The lowest BCUT2D eigenvalue weighted by molar-refractivity contribution is -0.120. The molecule has 0 spiro atoms. The van der Waals surface area contributed by atoms with Crippen molar-refractivity contribution in [2.24, 2.45) is 0 Å². The van der Waals surface area contributed by atoms with Crippen molar-refractivity contribution in [2.75, 3.05) is 18.0 Å². The zero-order chi connectivity index (χ0) is 16.3. The Morgan fingerprint density at radius 1 is 1.41 bits per heavy atom. The fourth-order valence-electron chi connectivity index (χ4n) is 2.18. The number of halogens is 2. The highest BCUT2D eigenvalue weighted by Crippen LogP contribution is 2.24.